The number of benzene rings is 2. The van der Waals surface area contributed by atoms with Crippen molar-refractivity contribution in [3.63, 3.8) is 0 Å². The SMILES string of the molecule is COc1cc(OCC(=O)N2CCN(Cc3ccc(Cl)cc3)CC2)cc(OC)c1Br. The van der Waals surface area contributed by atoms with E-state index in [1.165, 1.54) is 5.56 Å². The summed E-state index contributed by atoms with van der Waals surface area (Å²) in [6, 6.07) is 11.3. The molecular formula is C21H24BrClN2O4. The summed E-state index contributed by atoms with van der Waals surface area (Å²) in [4.78, 5) is 16.7. The molecule has 0 aromatic heterocycles. The molecule has 1 amide bonds. The molecule has 1 saturated heterocycles. The maximum absolute atomic E-state index is 12.5. The monoisotopic (exact) mass is 482 g/mol. The van der Waals surface area contributed by atoms with E-state index in [0.29, 0.717) is 34.8 Å². The van der Waals surface area contributed by atoms with Crippen LogP contribution in [0.1, 0.15) is 5.56 Å². The lowest BCUT2D eigenvalue weighted by molar-refractivity contribution is -0.135. The minimum absolute atomic E-state index is 0.0227. The molecular weight excluding hydrogens is 460 g/mol. The van der Waals surface area contributed by atoms with E-state index >= 15 is 0 Å². The first-order valence-corrected chi connectivity index (χ1v) is 10.5. The van der Waals surface area contributed by atoms with Crippen molar-refractivity contribution in [3.05, 3.63) is 51.5 Å². The van der Waals surface area contributed by atoms with Crippen molar-refractivity contribution in [2.24, 2.45) is 0 Å². The summed E-state index contributed by atoms with van der Waals surface area (Å²) < 4.78 is 17.0. The zero-order chi connectivity index (χ0) is 20.8. The van der Waals surface area contributed by atoms with E-state index in [1.807, 2.05) is 29.2 Å². The average molecular weight is 484 g/mol. The predicted molar refractivity (Wildman–Crippen MR) is 116 cm³/mol. The Balaban J connectivity index is 1.49. The first-order valence-electron chi connectivity index (χ1n) is 9.29. The molecule has 0 aliphatic carbocycles. The number of hydrogen-bond acceptors (Lipinski definition) is 5. The largest absolute Gasteiger partial charge is 0.495 e. The predicted octanol–water partition coefficient (Wildman–Crippen LogP) is 3.84. The minimum Gasteiger partial charge on any atom is -0.495 e. The number of hydrogen-bond donors (Lipinski definition) is 0. The fourth-order valence-corrected chi connectivity index (χ4v) is 3.85. The van der Waals surface area contributed by atoms with E-state index in [1.54, 1.807) is 26.4 Å². The Bertz CT molecular complexity index is 814. The highest BCUT2D eigenvalue weighted by Crippen LogP contribution is 2.38. The van der Waals surface area contributed by atoms with Crippen LogP contribution in [0.25, 0.3) is 0 Å². The van der Waals surface area contributed by atoms with Crippen molar-refractivity contribution in [3.8, 4) is 17.2 Å². The zero-order valence-electron chi connectivity index (χ0n) is 16.5. The highest BCUT2D eigenvalue weighted by molar-refractivity contribution is 9.10. The number of halogens is 2. The van der Waals surface area contributed by atoms with Crippen molar-refractivity contribution in [2.45, 2.75) is 6.54 Å². The molecule has 29 heavy (non-hydrogen) atoms. The van der Waals surface area contributed by atoms with E-state index in [4.69, 9.17) is 25.8 Å². The number of carbonyl (C=O) groups excluding carboxylic acids is 1. The van der Waals surface area contributed by atoms with Gasteiger partial charge in [0.15, 0.2) is 6.61 Å². The van der Waals surface area contributed by atoms with Gasteiger partial charge in [-0.2, -0.15) is 0 Å². The molecule has 0 saturated carbocycles. The number of piperazine rings is 1. The van der Waals surface area contributed by atoms with Crippen molar-refractivity contribution >= 4 is 33.4 Å². The summed E-state index contributed by atoms with van der Waals surface area (Å²) in [5.74, 6) is 1.67. The highest BCUT2D eigenvalue weighted by Gasteiger charge is 2.22. The first kappa shape index (κ1) is 21.7. The van der Waals surface area contributed by atoms with E-state index in [-0.39, 0.29) is 12.5 Å². The van der Waals surface area contributed by atoms with Gasteiger partial charge in [0.25, 0.3) is 5.91 Å². The van der Waals surface area contributed by atoms with Gasteiger partial charge in [-0.15, -0.1) is 0 Å². The van der Waals surface area contributed by atoms with Crippen molar-refractivity contribution in [1.82, 2.24) is 9.80 Å². The second kappa shape index (κ2) is 10.2. The molecule has 0 radical (unpaired) electrons. The second-order valence-electron chi connectivity index (χ2n) is 6.71. The van der Waals surface area contributed by atoms with Crippen LogP contribution in [0.2, 0.25) is 5.02 Å². The fraction of sp³-hybridized carbons (Fsp3) is 0.381. The lowest BCUT2D eigenvalue weighted by Gasteiger charge is -2.34. The summed E-state index contributed by atoms with van der Waals surface area (Å²) in [6.07, 6.45) is 0. The number of amides is 1. The van der Waals surface area contributed by atoms with Gasteiger partial charge in [0.05, 0.1) is 14.2 Å². The molecule has 0 spiro atoms. The third kappa shape index (κ3) is 5.78. The van der Waals surface area contributed by atoms with Crippen LogP contribution in [0.5, 0.6) is 17.2 Å². The van der Waals surface area contributed by atoms with E-state index < -0.39 is 0 Å². The van der Waals surface area contributed by atoms with Crippen molar-refractivity contribution < 1.29 is 19.0 Å². The summed E-state index contributed by atoms with van der Waals surface area (Å²) in [5.41, 5.74) is 1.22. The molecule has 1 fully saturated rings. The van der Waals surface area contributed by atoms with Gasteiger partial charge >= 0.3 is 0 Å². The lowest BCUT2D eigenvalue weighted by atomic mass is 10.2. The van der Waals surface area contributed by atoms with Crippen LogP contribution in [0.4, 0.5) is 0 Å². The van der Waals surface area contributed by atoms with Gasteiger partial charge in [-0.25, -0.2) is 0 Å². The smallest absolute Gasteiger partial charge is 0.260 e. The third-order valence-corrected chi connectivity index (χ3v) is 5.86. The molecule has 0 unspecified atom stereocenters. The number of methoxy groups -OCH3 is 2. The summed E-state index contributed by atoms with van der Waals surface area (Å²) in [5, 5.41) is 0.741. The quantitative estimate of drug-likeness (QED) is 0.599. The van der Waals surface area contributed by atoms with E-state index in [0.717, 1.165) is 24.7 Å². The maximum Gasteiger partial charge on any atom is 0.260 e. The molecule has 156 valence electrons. The molecule has 1 aliphatic heterocycles. The average Bonchev–Trinajstić information content (AvgIpc) is 2.75. The Morgan fingerprint density at radius 2 is 1.62 bits per heavy atom. The number of rotatable bonds is 7. The Morgan fingerprint density at radius 1 is 1.03 bits per heavy atom. The van der Waals surface area contributed by atoms with Crippen LogP contribution in [0.3, 0.4) is 0 Å². The second-order valence-corrected chi connectivity index (χ2v) is 7.94. The molecule has 6 nitrogen and oxygen atoms in total. The van der Waals surface area contributed by atoms with Gasteiger partial charge in [0.1, 0.15) is 21.7 Å². The van der Waals surface area contributed by atoms with Crippen LogP contribution >= 0.6 is 27.5 Å². The van der Waals surface area contributed by atoms with Gasteiger partial charge in [-0.3, -0.25) is 9.69 Å². The molecule has 0 atom stereocenters. The van der Waals surface area contributed by atoms with Crippen LogP contribution in [0, 0.1) is 0 Å². The zero-order valence-corrected chi connectivity index (χ0v) is 18.8. The Kier molecular flexibility index (Phi) is 7.64. The molecule has 1 heterocycles. The number of nitrogens with zero attached hydrogens (tertiary/aromatic N) is 2. The van der Waals surface area contributed by atoms with Gasteiger partial charge in [-0.1, -0.05) is 23.7 Å². The molecule has 2 aromatic rings. The van der Waals surface area contributed by atoms with Crippen LogP contribution in [0.15, 0.2) is 40.9 Å². The van der Waals surface area contributed by atoms with E-state index in [9.17, 15) is 4.79 Å². The Hall–Kier alpha value is -1.96. The van der Waals surface area contributed by atoms with Gasteiger partial charge in [0, 0.05) is 49.9 Å². The van der Waals surface area contributed by atoms with E-state index in [2.05, 4.69) is 20.8 Å². The maximum atomic E-state index is 12.5. The fourth-order valence-electron chi connectivity index (χ4n) is 3.17. The van der Waals surface area contributed by atoms with Crippen molar-refractivity contribution in [2.75, 3.05) is 47.0 Å². The third-order valence-electron chi connectivity index (χ3n) is 4.83. The van der Waals surface area contributed by atoms with Crippen LogP contribution in [-0.2, 0) is 11.3 Å². The minimum atomic E-state index is -0.0306. The molecule has 8 heteroatoms. The summed E-state index contributed by atoms with van der Waals surface area (Å²) in [7, 11) is 3.13. The normalized spacial score (nSPS) is 14.6. The van der Waals surface area contributed by atoms with Crippen LogP contribution < -0.4 is 14.2 Å². The summed E-state index contributed by atoms with van der Waals surface area (Å²) >= 11 is 9.36. The standard InChI is InChI=1S/C21H24BrClN2O4/c1-27-18-11-17(12-19(28-2)21(18)22)29-14-20(26)25-9-7-24(8-10-25)13-15-3-5-16(23)6-4-15/h3-6,11-12H,7-10,13-14H2,1-2H3. The molecule has 3 rings (SSSR count). The molecule has 0 N–H and O–H groups in total. The molecule has 0 bridgehead atoms. The Morgan fingerprint density at radius 3 is 2.17 bits per heavy atom. The molecule has 1 aliphatic rings. The Labute approximate surface area is 184 Å². The lowest BCUT2D eigenvalue weighted by Crippen LogP contribution is -2.49. The van der Waals surface area contributed by atoms with Gasteiger partial charge in [0.2, 0.25) is 0 Å². The van der Waals surface area contributed by atoms with Crippen molar-refractivity contribution in [1.29, 1.82) is 0 Å². The summed E-state index contributed by atoms with van der Waals surface area (Å²) in [6.45, 7) is 3.85. The topological polar surface area (TPSA) is 51.2 Å². The number of ether oxygens (including phenoxy) is 3. The highest BCUT2D eigenvalue weighted by atomic mass is 79.9. The van der Waals surface area contributed by atoms with Crippen LogP contribution in [-0.4, -0.2) is 62.7 Å². The first-order chi connectivity index (χ1) is 14.0. The molecule has 2 aromatic carbocycles. The number of carbonyl (C=O) groups is 1. The van der Waals surface area contributed by atoms with Gasteiger partial charge in [-0.05, 0) is 33.6 Å². The van der Waals surface area contributed by atoms with Gasteiger partial charge < -0.3 is 19.1 Å².